The van der Waals surface area contributed by atoms with Crippen LogP contribution in [0.2, 0.25) is 0 Å². The van der Waals surface area contributed by atoms with Gasteiger partial charge in [0.1, 0.15) is 0 Å². The average molecular weight is 405 g/mol. The van der Waals surface area contributed by atoms with Gasteiger partial charge in [0.2, 0.25) is 6.79 Å². The Morgan fingerprint density at radius 2 is 2.00 bits per heavy atom. The van der Waals surface area contributed by atoms with E-state index in [0.717, 1.165) is 33.5 Å². The number of fused-ring (bicyclic) bond motifs is 1. The number of carbonyl (C=O) groups is 1. The topological polar surface area (TPSA) is 59.6 Å². The minimum absolute atomic E-state index is 0.0246. The molecule has 1 amide bonds. The maximum Gasteiger partial charge on any atom is 0.251 e. The number of hydrogen-bond donors (Lipinski definition) is 2. The first-order chi connectivity index (χ1) is 12.2. The van der Waals surface area contributed by atoms with Crippen molar-refractivity contribution in [2.75, 3.05) is 13.3 Å². The van der Waals surface area contributed by atoms with Crippen LogP contribution in [0, 0.1) is 0 Å². The minimum atomic E-state index is -0.0246. The summed E-state index contributed by atoms with van der Waals surface area (Å²) >= 11 is 3.50. The molecule has 0 saturated carbocycles. The molecule has 25 heavy (non-hydrogen) atoms. The van der Waals surface area contributed by atoms with E-state index in [1.54, 1.807) is 0 Å². The fourth-order valence-corrected chi connectivity index (χ4v) is 3.24. The molecule has 5 nitrogen and oxygen atoms in total. The first kappa shape index (κ1) is 17.8. The van der Waals surface area contributed by atoms with E-state index < -0.39 is 0 Å². The maximum atomic E-state index is 12.0. The van der Waals surface area contributed by atoms with Gasteiger partial charge in [0.15, 0.2) is 11.5 Å². The summed E-state index contributed by atoms with van der Waals surface area (Å²) in [6.07, 6.45) is 0.929. The second-order valence-electron chi connectivity index (χ2n) is 5.87. The van der Waals surface area contributed by atoms with E-state index in [9.17, 15) is 4.79 Å². The third-order valence-electron chi connectivity index (χ3n) is 3.87. The Balaban J connectivity index is 1.57. The highest BCUT2D eigenvalue weighted by Crippen LogP contribution is 2.39. The smallest absolute Gasteiger partial charge is 0.251 e. The van der Waals surface area contributed by atoms with E-state index in [2.05, 4.69) is 26.6 Å². The molecule has 0 aromatic heterocycles. The summed E-state index contributed by atoms with van der Waals surface area (Å²) < 4.78 is 11.7. The molecule has 6 heteroatoms. The third-order valence-corrected chi connectivity index (χ3v) is 4.46. The first-order valence-corrected chi connectivity index (χ1v) is 9.12. The second kappa shape index (κ2) is 8.36. The van der Waals surface area contributed by atoms with Crippen molar-refractivity contribution in [3.8, 4) is 11.5 Å². The second-order valence-corrected chi connectivity index (χ2v) is 6.73. The zero-order valence-electron chi connectivity index (χ0n) is 14.1. The van der Waals surface area contributed by atoms with Crippen molar-refractivity contribution in [2.24, 2.45) is 0 Å². The highest BCUT2D eigenvalue weighted by atomic mass is 79.9. The highest BCUT2D eigenvalue weighted by molar-refractivity contribution is 9.10. The lowest BCUT2D eigenvalue weighted by molar-refractivity contribution is 0.0953. The number of ether oxygens (including phenoxy) is 2. The summed E-state index contributed by atoms with van der Waals surface area (Å²) in [6.45, 7) is 4.37. The van der Waals surface area contributed by atoms with Gasteiger partial charge < -0.3 is 20.1 Å². The van der Waals surface area contributed by atoms with Gasteiger partial charge in [0.05, 0.1) is 4.47 Å². The number of nitrogens with one attached hydrogen (secondary N) is 2. The third kappa shape index (κ3) is 4.52. The predicted octanol–water partition coefficient (Wildman–Crippen LogP) is 3.61. The number of amides is 1. The number of carbonyl (C=O) groups excluding carboxylic acids is 1. The van der Waals surface area contributed by atoms with Crippen LogP contribution >= 0.6 is 15.9 Å². The zero-order chi connectivity index (χ0) is 17.6. The predicted molar refractivity (Wildman–Crippen MR) is 99.9 cm³/mol. The zero-order valence-corrected chi connectivity index (χ0v) is 15.7. The molecule has 1 aliphatic heterocycles. The maximum absolute atomic E-state index is 12.0. The van der Waals surface area contributed by atoms with Crippen LogP contribution in [0.25, 0.3) is 0 Å². The molecule has 0 saturated heterocycles. The van der Waals surface area contributed by atoms with Crippen molar-refractivity contribution < 1.29 is 14.3 Å². The number of rotatable bonds is 7. The molecule has 2 aromatic carbocycles. The Kier molecular flexibility index (Phi) is 5.94. The number of hydrogen-bond acceptors (Lipinski definition) is 4. The molecule has 0 spiro atoms. The molecule has 2 N–H and O–H groups in total. The van der Waals surface area contributed by atoms with Gasteiger partial charge in [0, 0.05) is 25.2 Å². The van der Waals surface area contributed by atoms with Gasteiger partial charge in [0.25, 0.3) is 5.91 Å². The average Bonchev–Trinajstić information content (AvgIpc) is 3.09. The SMILES string of the molecule is CCCNC(=O)c1cccc(CNCc2cc(Br)c3c(c2)OCO3)c1. The molecule has 1 heterocycles. The summed E-state index contributed by atoms with van der Waals surface area (Å²) in [6, 6.07) is 11.7. The van der Waals surface area contributed by atoms with E-state index in [1.807, 2.05) is 43.3 Å². The molecular weight excluding hydrogens is 384 g/mol. The summed E-state index contributed by atoms with van der Waals surface area (Å²) in [4.78, 5) is 12.0. The summed E-state index contributed by atoms with van der Waals surface area (Å²) in [5, 5.41) is 6.29. The summed E-state index contributed by atoms with van der Waals surface area (Å²) in [5.41, 5.74) is 2.87. The van der Waals surface area contributed by atoms with Crippen LogP contribution in [-0.4, -0.2) is 19.2 Å². The Morgan fingerprint density at radius 1 is 1.16 bits per heavy atom. The van der Waals surface area contributed by atoms with Gasteiger partial charge in [-0.15, -0.1) is 0 Å². The Bertz CT molecular complexity index is 764. The van der Waals surface area contributed by atoms with Gasteiger partial charge in [-0.1, -0.05) is 19.1 Å². The van der Waals surface area contributed by atoms with Crippen molar-refractivity contribution >= 4 is 21.8 Å². The van der Waals surface area contributed by atoms with Gasteiger partial charge in [-0.2, -0.15) is 0 Å². The van der Waals surface area contributed by atoms with E-state index in [1.165, 1.54) is 0 Å². The van der Waals surface area contributed by atoms with Crippen LogP contribution in [0.3, 0.4) is 0 Å². The Labute approximate surface area is 155 Å². The van der Waals surface area contributed by atoms with Crippen molar-refractivity contribution in [3.05, 3.63) is 57.6 Å². The molecule has 0 aliphatic carbocycles. The van der Waals surface area contributed by atoms with Crippen LogP contribution in [0.4, 0.5) is 0 Å². The van der Waals surface area contributed by atoms with Crippen molar-refractivity contribution in [3.63, 3.8) is 0 Å². The van der Waals surface area contributed by atoms with Crippen molar-refractivity contribution in [2.45, 2.75) is 26.4 Å². The van der Waals surface area contributed by atoms with Crippen LogP contribution in [0.1, 0.15) is 34.8 Å². The van der Waals surface area contributed by atoms with Gasteiger partial charge in [-0.25, -0.2) is 0 Å². The van der Waals surface area contributed by atoms with Gasteiger partial charge in [-0.3, -0.25) is 4.79 Å². The van der Waals surface area contributed by atoms with E-state index >= 15 is 0 Å². The lowest BCUT2D eigenvalue weighted by Gasteiger charge is -2.09. The number of halogens is 1. The Morgan fingerprint density at radius 3 is 2.84 bits per heavy atom. The Hall–Kier alpha value is -2.05. The van der Waals surface area contributed by atoms with E-state index in [4.69, 9.17) is 9.47 Å². The van der Waals surface area contributed by atoms with Crippen LogP contribution in [-0.2, 0) is 13.1 Å². The lowest BCUT2D eigenvalue weighted by Crippen LogP contribution is -2.24. The molecular formula is C19H21BrN2O3. The van der Waals surface area contributed by atoms with Crippen molar-refractivity contribution in [1.82, 2.24) is 10.6 Å². The lowest BCUT2D eigenvalue weighted by atomic mass is 10.1. The largest absolute Gasteiger partial charge is 0.454 e. The monoisotopic (exact) mass is 404 g/mol. The minimum Gasteiger partial charge on any atom is -0.454 e. The molecule has 0 radical (unpaired) electrons. The fourth-order valence-electron chi connectivity index (χ4n) is 2.64. The standard InChI is InChI=1S/C19H21BrN2O3/c1-2-6-22-19(23)15-5-3-4-13(7-15)10-21-11-14-8-16(20)18-17(9-14)24-12-25-18/h3-5,7-9,21H,2,6,10-12H2,1H3,(H,22,23). The molecule has 2 aromatic rings. The van der Waals surface area contributed by atoms with Crippen LogP contribution in [0.5, 0.6) is 11.5 Å². The molecule has 132 valence electrons. The van der Waals surface area contributed by atoms with Crippen LogP contribution < -0.4 is 20.1 Å². The molecule has 0 atom stereocenters. The van der Waals surface area contributed by atoms with Crippen molar-refractivity contribution in [1.29, 1.82) is 0 Å². The molecule has 3 rings (SSSR count). The van der Waals surface area contributed by atoms with E-state index in [-0.39, 0.29) is 12.7 Å². The van der Waals surface area contributed by atoms with E-state index in [0.29, 0.717) is 25.2 Å². The highest BCUT2D eigenvalue weighted by Gasteiger charge is 2.17. The summed E-state index contributed by atoms with van der Waals surface area (Å²) in [5.74, 6) is 1.50. The fraction of sp³-hybridized carbons (Fsp3) is 0.316. The van der Waals surface area contributed by atoms with Gasteiger partial charge in [-0.05, 0) is 57.7 Å². The normalized spacial score (nSPS) is 12.2. The molecule has 1 aliphatic rings. The molecule has 0 fully saturated rings. The van der Waals surface area contributed by atoms with Crippen LogP contribution in [0.15, 0.2) is 40.9 Å². The quantitative estimate of drug-likeness (QED) is 0.739. The first-order valence-electron chi connectivity index (χ1n) is 8.33. The van der Waals surface area contributed by atoms with Gasteiger partial charge >= 0.3 is 0 Å². The molecule has 0 bridgehead atoms. The number of benzene rings is 2. The summed E-state index contributed by atoms with van der Waals surface area (Å²) in [7, 11) is 0. The molecule has 0 unspecified atom stereocenters.